The number of imidazole rings is 1. The molecule has 17 heavy (non-hydrogen) atoms. The first-order valence-electron chi connectivity index (χ1n) is 4.96. The Morgan fingerprint density at radius 3 is 2.94 bits per heavy atom. The highest BCUT2D eigenvalue weighted by Crippen LogP contribution is 2.21. The van der Waals surface area contributed by atoms with Gasteiger partial charge in [-0.15, -0.1) is 0 Å². The number of carbonyl (C=O) groups is 1. The van der Waals surface area contributed by atoms with E-state index in [4.69, 9.17) is 5.11 Å². The third-order valence-corrected chi connectivity index (χ3v) is 2.52. The smallest absolute Gasteiger partial charge is 0.353 e. The summed E-state index contributed by atoms with van der Waals surface area (Å²) in [5.74, 6) is -1.02. The van der Waals surface area contributed by atoms with E-state index in [0.717, 1.165) is 16.6 Å². The van der Waals surface area contributed by atoms with E-state index in [1.807, 2.05) is 18.2 Å². The van der Waals surface area contributed by atoms with Crippen molar-refractivity contribution in [2.24, 2.45) is 0 Å². The second kappa shape index (κ2) is 3.44. The minimum absolute atomic E-state index is 0.0738. The molecule has 0 aliphatic heterocycles. The molecule has 0 amide bonds. The molecule has 2 heterocycles. The van der Waals surface area contributed by atoms with Gasteiger partial charge in [-0.1, -0.05) is 6.07 Å². The van der Waals surface area contributed by atoms with Crippen LogP contribution in [0.2, 0.25) is 0 Å². The standard InChI is InChI=1S/C11H8N4O2/c16-11(17)10-4-8(14-15-10)6-1-2-7-9(3-6)13-5-12-7/h1-5H,(H,12,13)(H,14,15)(H,16,17). The Bertz CT molecular complexity index is 698. The molecule has 1 aromatic carbocycles. The van der Waals surface area contributed by atoms with Crippen LogP contribution in [0.4, 0.5) is 0 Å². The van der Waals surface area contributed by atoms with Crippen molar-refractivity contribution in [2.45, 2.75) is 0 Å². The number of carboxylic acids is 1. The fraction of sp³-hybridized carbons (Fsp3) is 0. The number of nitrogens with one attached hydrogen (secondary N) is 2. The van der Waals surface area contributed by atoms with E-state index >= 15 is 0 Å². The summed E-state index contributed by atoms with van der Waals surface area (Å²) in [5.41, 5.74) is 3.26. The summed E-state index contributed by atoms with van der Waals surface area (Å²) in [6.45, 7) is 0. The first-order chi connectivity index (χ1) is 8.24. The minimum atomic E-state index is -1.02. The van der Waals surface area contributed by atoms with E-state index in [-0.39, 0.29) is 5.69 Å². The van der Waals surface area contributed by atoms with Crippen LogP contribution in [-0.2, 0) is 0 Å². The highest BCUT2D eigenvalue weighted by Gasteiger charge is 2.09. The van der Waals surface area contributed by atoms with Crippen LogP contribution in [0.3, 0.4) is 0 Å². The molecule has 0 unspecified atom stereocenters. The maximum absolute atomic E-state index is 10.7. The topological polar surface area (TPSA) is 94.7 Å². The maximum Gasteiger partial charge on any atom is 0.353 e. The Morgan fingerprint density at radius 2 is 2.18 bits per heavy atom. The van der Waals surface area contributed by atoms with Crippen LogP contribution < -0.4 is 0 Å². The second-order valence-electron chi connectivity index (χ2n) is 3.61. The van der Waals surface area contributed by atoms with E-state index in [1.54, 1.807) is 6.33 Å². The first kappa shape index (κ1) is 9.59. The van der Waals surface area contributed by atoms with E-state index in [1.165, 1.54) is 6.07 Å². The highest BCUT2D eigenvalue weighted by atomic mass is 16.4. The van der Waals surface area contributed by atoms with Crippen molar-refractivity contribution in [1.82, 2.24) is 20.2 Å². The number of carboxylic acid groups (broad SMARTS) is 1. The van der Waals surface area contributed by atoms with Crippen LogP contribution in [-0.4, -0.2) is 31.2 Å². The number of aromatic carboxylic acids is 1. The van der Waals surface area contributed by atoms with Gasteiger partial charge in [0.25, 0.3) is 0 Å². The molecule has 0 fully saturated rings. The van der Waals surface area contributed by atoms with Crippen molar-refractivity contribution < 1.29 is 9.90 Å². The molecule has 0 atom stereocenters. The van der Waals surface area contributed by atoms with Gasteiger partial charge in [0.2, 0.25) is 0 Å². The zero-order valence-electron chi connectivity index (χ0n) is 8.64. The van der Waals surface area contributed by atoms with Crippen molar-refractivity contribution in [3.05, 3.63) is 36.3 Å². The average molecular weight is 228 g/mol. The molecule has 0 aliphatic rings. The Balaban J connectivity index is 2.09. The molecule has 0 bridgehead atoms. The van der Waals surface area contributed by atoms with E-state index in [2.05, 4.69) is 20.2 Å². The summed E-state index contributed by atoms with van der Waals surface area (Å²) in [6, 6.07) is 7.09. The van der Waals surface area contributed by atoms with Gasteiger partial charge in [0, 0.05) is 5.56 Å². The van der Waals surface area contributed by atoms with Crippen LogP contribution in [0.25, 0.3) is 22.3 Å². The predicted octanol–water partition coefficient (Wildman–Crippen LogP) is 1.65. The summed E-state index contributed by atoms with van der Waals surface area (Å²) in [5, 5.41) is 15.2. The SMILES string of the molecule is O=C(O)c1cc(-c2ccc3nc[nH]c3c2)n[nH]1. The molecule has 2 aromatic heterocycles. The molecule has 0 aliphatic carbocycles. The van der Waals surface area contributed by atoms with Crippen molar-refractivity contribution in [3.63, 3.8) is 0 Å². The summed E-state index contributed by atoms with van der Waals surface area (Å²) >= 11 is 0. The number of hydrogen-bond acceptors (Lipinski definition) is 3. The van der Waals surface area contributed by atoms with E-state index < -0.39 is 5.97 Å². The molecule has 0 saturated carbocycles. The molecule has 0 saturated heterocycles. The summed E-state index contributed by atoms with van der Waals surface area (Å²) in [6.07, 6.45) is 1.61. The molecule has 3 aromatic rings. The van der Waals surface area contributed by atoms with Gasteiger partial charge in [0.15, 0.2) is 0 Å². The lowest BCUT2D eigenvalue weighted by molar-refractivity contribution is 0.0690. The molecule has 6 nitrogen and oxygen atoms in total. The third-order valence-electron chi connectivity index (χ3n) is 2.52. The number of fused-ring (bicyclic) bond motifs is 1. The molecule has 0 spiro atoms. The van der Waals surface area contributed by atoms with Crippen LogP contribution in [0.15, 0.2) is 30.6 Å². The van der Waals surface area contributed by atoms with Crippen molar-refractivity contribution in [3.8, 4) is 11.3 Å². The van der Waals surface area contributed by atoms with Crippen molar-refractivity contribution in [1.29, 1.82) is 0 Å². The molecule has 6 heteroatoms. The van der Waals surface area contributed by atoms with E-state index in [9.17, 15) is 4.79 Å². The number of nitrogens with zero attached hydrogens (tertiary/aromatic N) is 2. The monoisotopic (exact) mass is 228 g/mol. The number of aromatic nitrogens is 4. The van der Waals surface area contributed by atoms with E-state index in [0.29, 0.717) is 5.69 Å². The summed E-state index contributed by atoms with van der Waals surface area (Å²) in [7, 11) is 0. The Kier molecular flexibility index (Phi) is 1.94. The largest absolute Gasteiger partial charge is 0.477 e. The van der Waals surface area contributed by atoms with Gasteiger partial charge in [0.1, 0.15) is 5.69 Å². The normalized spacial score (nSPS) is 10.8. The summed E-state index contributed by atoms with van der Waals surface area (Å²) in [4.78, 5) is 17.8. The fourth-order valence-corrected chi connectivity index (χ4v) is 1.67. The lowest BCUT2D eigenvalue weighted by Gasteiger charge is -1.95. The zero-order valence-corrected chi connectivity index (χ0v) is 8.64. The average Bonchev–Trinajstić information content (AvgIpc) is 2.97. The Labute approximate surface area is 95.3 Å². The molecule has 3 N–H and O–H groups in total. The van der Waals surface area contributed by atoms with Gasteiger partial charge in [-0.2, -0.15) is 5.10 Å². The molecule has 3 rings (SSSR count). The second-order valence-corrected chi connectivity index (χ2v) is 3.61. The fourth-order valence-electron chi connectivity index (χ4n) is 1.67. The Hall–Kier alpha value is -2.63. The minimum Gasteiger partial charge on any atom is -0.477 e. The van der Waals surface area contributed by atoms with Gasteiger partial charge in [-0.05, 0) is 18.2 Å². The van der Waals surface area contributed by atoms with Crippen LogP contribution >= 0.6 is 0 Å². The molecular weight excluding hydrogens is 220 g/mol. The first-order valence-corrected chi connectivity index (χ1v) is 4.96. The number of hydrogen-bond donors (Lipinski definition) is 3. The number of rotatable bonds is 2. The quantitative estimate of drug-likeness (QED) is 0.621. The molecule has 84 valence electrons. The van der Waals surface area contributed by atoms with Gasteiger partial charge in [-0.25, -0.2) is 9.78 Å². The van der Waals surface area contributed by atoms with Crippen LogP contribution in [0.1, 0.15) is 10.5 Å². The molecule has 0 radical (unpaired) electrons. The highest BCUT2D eigenvalue weighted by molar-refractivity contribution is 5.87. The maximum atomic E-state index is 10.7. The van der Waals surface area contributed by atoms with Gasteiger partial charge in [-0.3, -0.25) is 5.10 Å². The Morgan fingerprint density at radius 1 is 1.29 bits per heavy atom. The van der Waals surface area contributed by atoms with Gasteiger partial charge >= 0.3 is 5.97 Å². The molecular formula is C11H8N4O2. The van der Waals surface area contributed by atoms with Crippen LogP contribution in [0, 0.1) is 0 Å². The lowest BCUT2D eigenvalue weighted by atomic mass is 10.1. The predicted molar refractivity (Wildman–Crippen MR) is 60.6 cm³/mol. The zero-order chi connectivity index (χ0) is 11.8. The lowest BCUT2D eigenvalue weighted by Crippen LogP contribution is -1.95. The summed E-state index contributed by atoms with van der Waals surface area (Å²) < 4.78 is 0. The number of H-pyrrole nitrogens is 2. The number of benzene rings is 1. The van der Waals surface area contributed by atoms with Crippen LogP contribution in [0.5, 0.6) is 0 Å². The van der Waals surface area contributed by atoms with Gasteiger partial charge < -0.3 is 10.1 Å². The third kappa shape index (κ3) is 1.55. The van der Waals surface area contributed by atoms with Gasteiger partial charge in [0.05, 0.1) is 23.1 Å². The van der Waals surface area contributed by atoms with Crippen molar-refractivity contribution >= 4 is 17.0 Å². The van der Waals surface area contributed by atoms with Crippen molar-refractivity contribution in [2.75, 3.05) is 0 Å². The number of aromatic amines is 2.